The molecule has 0 bridgehead atoms. The highest BCUT2D eigenvalue weighted by atomic mass is 16.5. The number of aromatic nitrogens is 5. The molecule has 1 fully saturated rings. The highest BCUT2D eigenvalue weighted by molar-refractivity contribution is 5.87. The summed E-state index contributed by atoms with van der Waals surface area (Å²) < 4.78 is 8.16. The second-order valence-corrected chi connectivity index (χ2v) is 9.08. The lowest BCUT2D eigenvalue weighted by Crippen LogP contribution is -2.28. The summed E-state index contributed by atoms with van der Waals surface area (Å²) in [7, 11) is 1.98. The van der Waals surface area contributed by atoms with Gasteiger partial charge in [-0.2, -0.15) is 0 Å². The summed E-state index contributed by atoms with van der Waals surface area (Å²) in [4.78, 5) is 18.3. The van der Waals surface area contributed by atoms with Crippen LogP contribution in [0.3, 0.4) is 0 Å². The number of rotatable bonds is 5. The van der Waals surface area contributed by atoms with Gasteiger partial charge in [-0.25, -0.2) is 19.9 Å². The third kappa shape index (κ3) is 4.28. The van der Waals surface area contributed by atoms with Crippen molar-refractivity contribution in [3.63, 3.8) is 0 Å². The van der Waals surface area contributed by atoms with E-state index in [1.54, 1.807) is 12.7 Å². The van der Waals surface area contributed by atoms with Gasteiger partial charge >= 0.3 is 0 Å². The van der Waals surface area contributed by atoms with E-state index in [-0.39, 0.29) is 0 Å². The normalized spacial score (nSPS) is 16.0. The Morgan fingerprint density at radius 2 is 1.97 bits per heavy atom. The van der Waals surface area contributed by atoms with Gasteiger partial charge in [0.2, 0.25) is 0 Å². The molecule has 1 atom stereocenters. The first-order chi connectivity index (χ1) is 17.1. The van der Waals surface area contributed by atoms with E-state index in [0.717, 1.165) is 70.0 Å². The fourth-order valence-electron chi connectivity index (χ4n) is 4.66. The number of aryl methyl sites for hydroxylation is 2. The molecular weight excluding hydrogens is 438 g/mol. The number of pyridine rings is 1. The van der Waals surface area contributed by atoms with Crippen LogP contribution < -0.4 is 15.4 Å². The summed E-state index contributed by atoms with van der Waals surface area (Å²) in [6.45, 7) is 4.07. The van der Waals surface area contributed by atoms with Gasteiger partial charge in [-0.15, -0.1) is 0 Å². The zero-order chi connectivity index (χ0) is 23.8. The van der Waals surface area contributed by atoms with Crippen molar-refractivity contribution in [1.82, 2.24) is 29.8 Å². The molecule has 0 aliphatic carbocycles. The van der Waals surface area contributed by atoms with Crippen LogP contribution in [0.5, 0.6) is 11.5 Å². The lowest BCUT2D eigenvalue weighted by Gasteiger charge is -2.22. The van der Waals surface area contributed by atoms with Crippen molar-refractivity contribution in [1.29, 1.82) is 0 Å². The van der Waals surface area contributed by atoms with Gasteiger partial charge in [0.1, 0.15) is 23.3 Å². The Morgan fingerprint density at radius 3 is 2.83 bits per heavy atom. The number of nitrogens with one attached hydrogen (secondary N) is 2. The largest absolute Gasteiger partial charge is 0.457 e. The van der Waals surface area contributed by atoms with Crippen LogP contribution in [-0.4, -0.2) is 37.6 Å². The van der Waals surface area contributed by atoms with Crippen molar-refractivity contribution < 1.29 is 4.74 Å². The Hall–Kier alpha value is -4.04. The first kappa shape index (κ1) is 21.5. The number of imidazole rings is 1. The Morgan fingerprint density at radius 1 is 1.03 bits per heavy atom. The Labute approximate surface area is 203 Å². The van der Waals surface area contributed by atoms with E-state index in [1.165, 1.54) is 6.42 Å². The topological polar surface area (TPSA) is 89.8 Å². The van der Waals surface area contributed by atoms with Crippen LogP contribution in [-0.2, 0) is 7.05 Å². The number of nitrogens with zero attached hydrogens (tertiary/aromatic N) is 5. The second-order valence-electron chi connectivity index (χ2n) is 9.08. The van der Waals surface area contributed by atoms with Gasteiger partial charge < -0.3 is 19.9 Å². The van der Waals surface area contributed by atoms with E-state index in [2.05, 4.69) is 37.7 Å². The molecule has 35 heavy (non-hydrogen) atoms. The van der Waals surface area contributed by atoms with Crippen molar-refractivity contribution in [2.45, 2.75) is 25.7 Å². The predicted octanol–water partition coefficient (Wildman–Crippen LogP) is 5.22. The van der Waals surface area contributed by atoms with E-state index in [4.69, 9.17) is 9.72 Å². The summed E-state index contributed by atoms with van der Waals surface area (Å²) in [5.41, 5.74) is 6.62. The average molecular weight is 466 g/mol. The number of benzene rings is 2. The van der Waals surface area contributed by atoms with Gasteiger partial charge in [0.15, 0.2) is 5.82 Å². The predicted molar refractivity (Wildman–Crippen MR) is 137 cm³/mol. The molecule has 5 aromatic rings. The first-order valence-corrected chi connectivity index (χ1v) is 11.9. The Kier molecular flexibility index (Phi) is 5.50. The van der Waals surface area contributed by atoms with E-state index in [9.17, 15) is 0 Å². The quantitative estimate of drug-likeness (QED) is 0.368. The van der Waals surface area contributed by atoms with Crippen molar-refractivity contribution in [3.05, 3.63) is 72.4 Å². The fourth-order valence-corrected chi connectivity index (χ4v) is 4.66. The molecule has 2 N–H and O–H groups in total. The highest BCUT2D eigenvalue weighted by Crippen LogP contribution is 2.31. The van der Waals surface area contributed by atoms with E-state index >= 15 is 0 Å². The minimum atomic E-state index is 0.421. The summed E-state index contributed by atoms with van der Waals surface area (Å²) >= 11 is 0. The molecule has 3 aromatic heterocycles. The van der Waals surface area contributed by atoms with Crippen molar-refractivity contribution in [2.24, 2.45) is 7.05 Å². The zero-order valence-electron chi connectivity index (χ0n) is 19.8. The maximum absolute atomic E-state index is 6.16. The molecule has 0 radical (unpaired) electrons. The van der Waals surface area contributed by atoms with Crippen LogP contribution in [0.1, 0.15) is 30.0 Å². The van der Waals surface area contributed by atoms with Crippen molar-refractivity contribution in [2.75, 3.05) is 18.4 Å². The molecule has 6 rings (SSSR count). The molecule has 0 spiro atoms. The highest BCUT2D eigenvalue weighted by Gasteiger charge is 2.18. The van der Waals surface area contributed by atoms with Crippen LogP contribution in [0.25, 0.3) is 22.1 Å². The monoisotopic (exact) mass is 465 g/mol. The molecule has 176 valence electrons. The molecule has 0 saturated carbocycles. The van der Waals surface area contributed by atoms with Gasteiger partial charge in [-0.1, -0.05) is 0 Å². The fraction of sp³-hybridized carbons (Fsp3) is 0.259. The first-order valence-electron chi connectivity index (χ1n) is 11.9. The van der Waals surface area contributed by atoms with Crippen LogP contribution in [0, 0.1) is 6.92 Å². The Bertz CT molecular complexity index is 1520. The second kappa shape index (κ2) is 8.96. The summed E-state index contributed by atoms with van der Waals surface area (Å²) in [6.07, 6.45) is 5.70. The summed E-state index contributed by atoms with van der Waals surface area (Å²) in [6, 6.07) is 16.1. The molecule has 1 aliphatic rings. The molecule has 0 amide bonds. The summed E-state index contributed by atoms with van der Waals surface area (Å²) in [5, 5.41) is 6.91. The third-order valence-corrected chi connectivity index (χ3v) is 6.58. The van der Waals surface area contributed by atoms with Gasteiger partial charge in [0, 0.05) is 37.0 Å². The molecule has 1 saturated heterocycles. The zero-order valence-corrected chi connectivity index (χ0v) is 19.8. The number of hydrogen-bond donors (Lipinski definition) is 2. The van der Waals surface area contributed by atoms with Crippen LogP contribution in [0.15, 0.2) is 61.2 Å². The molecule has 4 heterocycles. The number of anilines is 2. The van der Waals surface area contributed by atoms with Crippen molar-refractivity contribution in [3.8, 4) is 11.5 Å². The van der Waals surface area contributed by atoms with Gasteiger partial charge in [0.05, 0.1) is 22.9 Å². The van der Waals surface area contributed by atoms with E-state index < -0.39 is 0 Å². The molecule has 1 aliphatic heterocycles. The lowest BCUT2D eigenvalue weighted by atomic mass is 9.95. The smallest absolute Gasteiger partial charge is 0.160 e. The number of hydrogen-bond acceptors (Lipinski definition) is 7. The molecule has 8 heteroatoms. The summed E-state index contributed by atoms with van der Waals surface area (Å²) in [5.74, 6) is 2.68. The molecule has 1 unspecified atom stereocenters. The van der Waals surface area contributed by atoms with Crippen LogP contribution in [0.2, 0.25) is 0 Å². The minimum Gasteiger partial charge on any atom is -0.457 e. The van der Waals surface area contributed by atoms with Gasteiger partial charge in [-0.3, -0.25) is 0 Å². The molecule has 2 aromatic carbocycles. The SMILES string of the molecule is Cc1cc(Nc2ncnc3ccc(C4CCCNC4)nc23)ccc1Oc1ccc2c(c1)ncn2C. The third-order valence-electron chi connectivity index (χ3n) is 6.58. The number of piperidine rings is 1. The van der Waals surface area contributed by atoms with Gasteiger partial charge in [-0.05, 0) is 74.3 Å². The average Bonchev–Trinajstić information content (AvgIpc) is 3.26. The minimum absolute atomic E-state index is 0.421. The lowest BCUT2D eigenvalue weighted by molar-refractivity contribution is 0.455. The Balaban J connectivity index is 1.25. The maximum Gasteiger partial charge on any atom is 0.160 e. The number of fused-ring (bicyclic) bond motifs is 2. The molecular formula is C27H27N7O. The van der Waals surface area contributed by atoms with Gasteiger partial charge in [0.25, 0.3) is 0 Å². The molecule has 8 nitrogen and oxygen atoms in total. The van der Waals surface area contributed by atoms with E-state index in [0.29, 0.717) is 11.7 Å². The van der Waals surface area contributed by atoms with Crippen LogP contribution in [0.4, 0.5) is 11.5 Å². The number of ether oxygens (including phenoxy) is 1. The maximum atomic E-state index is 6.16. The van der Waals surface area contributed by atoms with Crippen LogP contribution >= 0.6 is 0 Å². The van der Waals surface area contributed by atoms with E-state index in [1.807, 2.05) is 54.9 Å². The standard InChI is InChI=1S/C27H27N7O/c1-17-12-19(5-10-25(17)35-20-6-9-24-23(13-20)31-16-34(24)2)32-27-26-22(29-15-30-27)8-7-21(33-26)18-4-3-11-28-14-18/h5-10,12-13,15-16,18,28H,3-4,11,14H2,1-2H3,(H,29,30,32). The van der Waals surface area contributed by atoms with Crippen molar-refractivity contribution >= 4 is 33.6 Å².